The van der Waals surface area contributed by atoms with Crippen molar-refractivity contribution in [3.05, 3.63) is 24.5 Å². The number of halogens is 1. The maximum atomic E-state index is 12.1. The number of urea groups is 1. The highest BCUT2D eigenvalue weighted by molar-refractivity contribution is 6.22. The van der Waals surface area contributed by atoms with E-state index in [1.807, 2.05) is 0 Å². The number of rotatable bonds is 1. The minimum Gasteiger partial charge on any atom is -0.313 e. The molecule has 1 aromatic rings. The molecule has 3 amide bonds. The van der Waals surface area contributed by atoms with Gasteiger partial charge in [-0.25, -0.2) is 9.69 Å². The number of nitrogens with zero attached hydrogens (tertiary/aromatic N) is 3. The third kappa shape index (κ3) is 1.86. The molecule has 0 bridgehead atoms. The van der Waals surface area contributed by atoms with Crippen molar-refractivity contribution in [3.63, 3.8) is 0 Å². The highest BCUT2D eigenvalue weighted by Crippen LogP contribution is 2.29. The fourth-order valence-electron chi connectivity index (χ4n) is 1.61. The lowest BCUT2D eigenvalue weighted by molar-refractivity contribution is -0.123. The van der Waals surface area contributed by atoms with Gasteiger partial charge in [-0.3, -0.25) is 9.78 Å². The van der Waals surface area contributed by atoms with Gasteiger partial charge in [-0.1, -0.05) is 0 Å². The predicted molar refractivity (Wildman–Crippen MR) is 66.2 cm³/mol. The first-order valence-corrected chi connectivity index (χ1v) is 4.98. The van der Waals surface area contributed by atoms with Gasteiger partial charge in [0.2, 0.25) is 0 Å². The van der Waals surface area contributed by atoms with Gasteiger partial charge in [0.15, 0.2) is 0 Å². The number of pyridine rings is 1. The first-order chi connectivity index (χ1) is 7.46. The highest BCUT2D eigenvalue weighted by Gasteiger charge is 2.49. The molecule has 0 spiro atoms. The van der Waals surface area contributed by atoms with Crippen LogP contribution >= 0.6 is 12.4 Å². The summed E-state index contributed by atoms with van der Waals surface area (Å²) in [5.41, 5.74) is -0.289. The monoisotopic (exact) mass is 255 g/mol. The van der Waals surface area contributed by atoms with Crippen LogP contribution in [0.2, 0.25) is 0 Å². The SMILES string of the molecule is CN1C(=O)N(c2cccnc2)C(=O)C1(C)C.Cl. The van der Waals surface area contributed by atoms with Gasteiger partial charge in [0.25, 0.3) is 5.91 Å². The van der Waals surface area contributed by atoms with E-state index in [1.54, 1.807) is 39.2 Å². The zero-order chi connectivity index (χ0) is 11.9. The van der Waals surface area contributed by atoms with E-state index in [-0.39, 0.29) is 24.3 Å². The summed E-state index contributed by atoms with van der Waals surface area (Å²) in [5.74, 6) is -0.229. The van der Waals surface area contributed by atoms with Crippen LogP contribution < -0.4 is 4.90 Å². The van der Waals surface area contributed by atoms with Crippen LogP contribution in [0.3, 0.4) is 0 Å². The van der Waals surface area contributed by atoms with Crippen LogP contribution in [-0.2, 0) is 4.79 Å². The normalized spacial score (nSPS) is 18.3. The zero-order valence-corrected chi connectivity index (χ0v) is 10.7. The number of anilines is 1. The second-order valence-electron chi connectivity index (χ2n) is 4.25. The first-order valence-electron chi connectivity index (χ1n) is 4.98. The Morgan fingerprint density at radius 3 is 2.35 bits per heavy atom. The molecule has 6 heteroatoms. The standard InChI is InChI=1S/C11H13N3O2.ClH/c1-11(2)9(15)14(10(16)13(11)3)8-5-4-6-12-7-8;/h4-7H,1-3H3;1H. The highest BCUT2D eigenvalue weighted by atomic mass is 35.5. The van der Waals surface area contributed by atoms with Crippen LogP contribution in [0.1, 0.15) is 13.8 Å². The Hall–Kier alpha value is -1.62. The summed E-state index contributed by atoms with van der Waals surface area (Å²) in [7, 11) is 1.62. The van der Waals surface area contributed by atoms with Crippen LogP contribution in [0.5, 0.6) is 0 Å². The van der Waals surface area contributed by atoms with Crippen molar-refractivity contribution in [2.45, 2.75) is 19.4 Å². The minimum absolute atomic E-state index is 0. The van der Waals surface area contributed by atoms with Gasteiger partial charge < -0.3 is 4.90 Å². The number of amides is 3. The van der Waals surface area contributed by atoms with E-state index >= 15 is 0 Å². The molecule has 1 aliphatic heterocycles. The summed E-state index contributed by atoms with van der Waals surface area (Å²) in [5, 5.41) is 0. The van der Waals surface area contributed by atoms with Gasteiger partial charge in [0.1, 0.15) is 5.54 Å². The fraction of sp³-hybridized carbons (Fsp3) is 0.364. The van der Waals surface area contributed by atoms with E-state index in [9.17, 15) is 9.59 Å². The molecule has 0 N–H and O–H groups in total. The molecule has 17 heavy (non-hydrogen) atoms. The molecular weight excluding hydrogens is 242 g/mol. The topological polar surface area (TPSA) is 53.5 Å². The zero-order valence-electron chi connectivity index (χ0n) is 9.88. The van der Waals surface area contributed by atoms with E-state index in [0.717, 1.165) is 4.90 Å². The molecule has 2 rings (SSSR count). The van der Waals surface area contributed by atoms with Gasteiger partial charge in [0, 0.05) is 13.2 Å². The van der Waals surface area contributed by atoms with Crippen LogP contribution in [0.4, 0.5) is 10.5 Å². The smallest absolute Gasteiger partial charge is 0.313 e. The molecule has 2 heterocycles. The van der Waals surface area contributed by atoms with E-state index < -0.39 is 5.54 Å². The van der Waals surface area contributed by atoms with E-state index in [4.69, 9.17) is 0 Å². The average molecular weight is 256 g/mol. The van der Waals surface area contributed by atoms with Crippen molar-refractivity contribution in [2.24, 2.45) is 0 Å². The largest absolute Gasteiger partial charge is 0.332 e. The first kappa shape index (κ1) is 13.4. The lowest BCUT2D eigenvalue weighted by atomic mass is 10.1. The van der Waals surface area contributed by atoms with Crippen molar-refractivity contribution in [1.29, 1.82) is 0 Å². The molecule has 1 aromatic heterocycles. The fourth-order valence-corrected chi connectivity index (χ4v) is 1.61. The summed E-state index contributed by atoms with van der Waals surface area (Å²) in [6, 6.07) is 3.07. The minimum atomic E-state index is -0.799. The van der Waals surface area contributed by atoms with Gasteiger partial charge in [-0.05, 0) is 26.0 Å². The Morgan fingerprint density at radius 2 is 1.94 bits per heavy atom. The molecule has 5 nitrogen and oxygen atoms in total. The Bertz CT molecular complexity index is 447. The molecule has 1 saturated heterocycles. The molecule has 1 aliphatic rings. The van der Waals surface area contributed by atoms with Gasteiger partial charge in [0.05, 0.1) is 11.9 Å². The number of carbonyl (C=O) groups excluding carboxylic acids is 2. The lowest BCUT2D eigenvalue weighted by Crippen LogP contribution is -2.41. The van der Waals surface area contributed by atoms with Crippen LogP contribution in [0.15, 0.2) is 24.5 Å². The van der Waals surface area contributed by atoms with Crippen molar-refractivity contribution in [2.75, 3.05) is 11.9 Å². The third-order valence-corrected chi connectivity index (χ3v) is 2.95. The van der Waals surface area contributed by atoms with Crippen molar-refractivity contribution in [3.8, 4) is 0 Å². The van der Waals surface area contributed by atoms with Crippen LogP contribution in [0, 0.1) is 0 Å². The maximum absolute atomic E-state index is 12.1. The number of aromatic nitrogens is 1. The molecule has 92 valence electrons. The number of hydrogen-bond acceptors (Lipinski definition) is 3. The molecule has 0 saturated carbocycles. The van der Waals surface area contributed by atoms with Crippen molar-refractivity contribution >= 4 is 30.0 Å². The van der Waals surface area contributed by atoms with Crippen LogP contribution in [-0.4, -0.2) is 34.4 Å². The number of carbonyl (C=O) groups is 2. The number of likely N-dealkylation sites (N-methyl/N-ethyl adjacent to an activating group) is 1. The maximum Gasteiger partial charge on any atom is 0.332 e. The average Bonchev–Trinajstić information content (AvgIpc) is 2.42. The predicted octanol–water partition coefficient (Wildman–Crippen LogP) is 1.68. The Balaban J connectivity index is 0.00000144. The molecule has 0 radical (unpaired) electrons. The molecule has 0 atom stereocenters. The summed E-state index contributed by atoms with van der Waals surface area (Å²) >= 11 is 0. The molecule has 0 aromatic carbocycles. The third-order valence-electron chi connectivity index (χ3n) is 2.95. The van der Waals surface area contributed by atoms with E-state index in [1.165, 1.54) is 11.1 Å². The van der Waals surface area contributed by atoms with Crippen molar-refractivity contribution < 1.29 is 9.59 Å². The summed E-state index contributed by atoms with van der Waals surface area (Å²) in [6.07, 6.45) is 3.11. The van der Waals surface area contributed by atoms with Gasteiger partial charge in [-0.15, -0.1) is 12.4 Å². The summed E-state index contributed by atoms with van der Waals surface area (Å²) in [6.45, 7) is 3.45. The molecule has 0 aliphatic carbocycles. The second kappa shape index (κ2) is 4.33. The van der Waals surface area contributed by atoms with Crippen molar-refractivity contribution in [1.82, 2.24) is 9.88 Å². The van der Waals surface area contributed by atoms with E-state index in [0.29, 0.717) is 5.69 Å². The molecular formula is C11H14ClN3O2. The number of hydrogen-bond donors (Lipinski definition) is 0. The Morgan fingerprint density at radius 1 is 1.29 bits per heavy atom. The van der Waals surface area contributed by atoms with Gasteiger partial charge >= 0.3 is 6.03 Å². The second-order valence-corrected chi connectivity index (χ2v) is 4.25. The Labute approximate surface area is 106 Å². The number of imide groups is 1. The lowest BCUT2D eigenvalue weighted by Gasteiger charge is -2.22. The quantitative estimate of drug-likeness (QED) is 0.718. The molecule has 0 unspecified atom stereocenters. The van der Waals surface area contributed by atoms with Gasteiger partial charge in [-0.2, -0.15) is 0 Å². The summed E-state index contributed by atoms with van der Waals surface area (Å²) in [4.78, 5) is 30.5. The molecule has 1 fully saturated rings. The van der Waals surface area contributed by atoms with E-state index in [2.05, 4.69) is 4.98 Å². The Kier molecular flexibility index (Phi) is 3.43. The summed E-state index contributed by atoms with van der Waals surface area (Å²) < 4.78 is 0. The van der Waals surface area contributed by atoms with Crippen LogP contribution in [0.25, 0.3) is 0 Å².